The van der Waals surface area contributed by atoms with Crippen molar-refractivity contribution in [2.75, 3.05) is 13.6 Å². The van der Waals surface area contributed by atoms with Crippen LogP contribution in [-0.4, -0.2) is 62.2 Å². The number of aliphatic carboxylic acids is 1. The fourth-order valence-electron chi connectivity index (χ4n) is 6.43. The number of nitrogens with zero attached hydrogens (tertiary/aromatic N) is 4. The van der Waals surface area contributed by atoms with E-state index in [2.05, 4.69) is 25.6 Å². The van der Waals surface area contributed by atoms with Gasteiger partial charge in [-0.1, -0.05) is 19.9 Å². The zero-order valence-corrected chi connectivity index (χ0v) is 28.6. The number of aromatic nitrogens is 3. The first-order chi connectivity index (χ1) is 23.2. The van der Waals surface area contributed by atoms with Crippen molar-refractivity contribution >= 4 is 17.8 Å². The van der Waals surface area contributed by atoms with Crippen molar-refractivity contribution in [2.24, 2.45) is 5.92 Å². The number of fused-ring (bicyclic) bond motifs is 1. The second kappa shape index (κ2) is 14.7. The molecule has 2 amide bonds. The molecule has 2 aromatic heterocycles. The lowest BCUT2D eigenvalue weighted by molar-refractivity contribution is -0.137. The Hall–Kier alpha value is -4.97. The van der Waals surface area contributed by atoms with E-state index in [-0.39, 0.29) is 29.2 Å². The Kier molecular flexibility index (Phi) is 10.6. The van der Waals surface area contributed by atoms with Crippen molar-refractivity contribution in [3.8, 4) is 16.9 Å². The highest BCUT2D eigenvalue weighted by atomic mass is 19.1. The number of carbonyl (C=O) groups is 3. The van der Waals surface area contributed by atoms with Gasteiger partial charge < -0.3 is 20.6 Å². The number of benzene rings is 2. The minimum Gasteiger partial charge on any atom is -0.481 e. The van der Waals surface area contributed by atoms with Crippen LogP contribution in [-0.2, 0) is 22.6 Å². The van der Waals surface area contributed by atoms with E-state index in [1.807, 2.05) is 27.1 Å². The standard InChI is InChI=1S/C37H42F2N6O4/c1-20(2)12-31(42-36(48)29-8-7-9-32(40-29)45-19-25-18-44(6)11-10-28(25)43-45)37(49)41-30(17-33(46)47)27-16-24(13-23(5)35(27)39)34-21(3)14-26(38)15-22(34)4/h7-9,13-16,19-20,30-31H,10-12,17-18H2,1-6H3,(H,41,49)(H,42,48)(H,46,47)/t30-,31-/m0/s1. The van der Waals surface area contributed by atoms with Crippen molar-refractivity contribution < 1.29 is 28.3 Å². The van der Waals surface area contributed by atoms with Gasteiger partial charge in [0, 0.05) is 36.8 Å². The predicted molar refractivity (Wildman–Crippen MR) is 181 cm³/mol. The number of likely N-dealkylation sites (N-methyl/N-ethyl adjacent to an activating group) is 1. The quantitative estimate of drug-likeness (QED) is 0.189. The molecule has 0 bridgehead atoms. The Bertz CT molecular complexity index is 1880. The third-order valence-corrected chi connectivity index (χ3v) is 8.72. The maximum atomic E-state index is 15.7. The van der Waals surface area contributed by atoms with Gasteiger partial charge in [0.25, 0.3) is 5.91 Å². The molecular weight excluding hydrogens is 630 g/mol. The molecule has 5 rings (SSSR count). The first-order valence-electron chi connectivity index (χ1n) is 16.3. The molecule has 4 aromatic rings. The van der Waals surface area contributed by atoms with Gasteiger partial charge in [-0.05, 0) is 104 Å². The van der Waals surface area contributed by atoms with Crippen molar-refractivity contribution in [1.29, 1.82) is 0 Å². The maximum absolute atomic E-state index is 15.7. The topological polar surface area (TPSA) is 129 Å². The number of pyridine rings is 1. The highest BCUT2D eigenvalue weighted by molar-refractivity contribution is 5.96. The largest absolute Gasteiger partial charge is 0.481 e. The number of amides is 2. The van der Waals surface area contributed by atoms with E-state index in [1.54, 1.807) is 43.7 Å². The van der Waals surface area contributed by atoms with Gasteiger partial charge in [-0.2, -0.15) is 5.10 Å². The molecule has 1 aliphatic heterocycles. The Morgan fingerprint density at radius 3 is 2.39 bits per heavy atom. The van der Waals surface area contributed by atoms with Crippen LogP contribution in [0.2, 0.25) is 0 Å². The van der Waals surface area contributed by atoms with Gasteiger partial charge in [-0.25, -0.2) is 18.4 Å². The van der Waals surface area contributed by atoms with Crippen molar-refractivity contribution in [3.63, 3.8) is 0 Å². The van der Waals surface area contributed by atoms with Crippen LogP contribution in [0.1, 0.15) is 76.7 Å². The van der Waals surface area contributed by atoms with Crippen molar-refractivity contribution in [2.45, 2.75) is 72.5 Å². The van der Waals surface area contributed by atoms with E-state index in [9.17, 15) is 23.9 Å². The third-order valence-electron chi connectivity index (χ3n) is 8.72. The van der Waals surface area contributed by atoms with E-state index in [0.29, 0.717) is 28.1 Å². The van der Waals surface area contributed by atoms with E-state index in [1.165, 1.54) is 24.3 Å². The zero-order valence-electron chi connectivity index (χ0n) is 28.6. The third kappa shape index (κ3) is 8.19. The Labute approximate surface area is 284 Å². The van der Waals surface area contributed by atoms with E-state index in [4.69, 9.17) is 0 Å². The molecule has 2 aromatic carbocycles. The van der Waals surface area contributed by atoms with Crippen LogP contribution in [0.25, 0.3) is 16.9 Å². The summed E-state index contributed by atoms with van der Waals surface area (Å²) >= 11 is 0. The minimum atomic E-state index is -1.26. The Morgan fingerprint density at radius 1 is 1.00 bits per heavy atom. The predicted octanol–water partition coefficient (Wildman–Crippen LogP) is 5.60. The van der Waals surface area contributed by atoms with Gasteiger partial charge in [0.1, 0.15) is 23.4 Å². The fraction of sp³-hybridized carbons (Fsp3) is 0.378. The molecule has 0 fully saturated rings. The molecule has 3 heterocycles. The number of halogens is 2. The van der Waals surface area contributed by atoms with Gasteiger partial charge in [0.05, 0.1) is 18.2 Å². The number of nitrogens with one attached hydrogen (secondary N) is 2. The summed E-state index contributed by atoms with van der Waals surface area (Å²) in [5, 5.41) is 19.9. The molecular formula is C37H42F2N6O4. The lowest BCUT2D eigenvalue weighted by atomic mass is 9.90. The van der Waals surface area contributed by atoms with Gasteiger partial charge in [-0.15, -0.1) is 0 Å². The molecule has 1 aliphatic rings. The van der Waals surface area contributed by atoms with Crippen molar-refractivity contribution in [1.82, 2.24) is 30.3 Å². The number of hydrogen-bond donors (Lipinski definition) is 3. The molecule has 12 heteroatoms. The lowest BCUT2D eigenvalue weighted by Gasteiger charge is -2.25. The average Bonchev–Trinajstić information content (AvgIpc) is 3.44. The minimum absolute atomic E-state index is 0.0222. The van der Waals surface area contributed by atoms with Gasteiger partial charge in [0.2, 0.25) is 5.91 Å². The summed E-state index contributed by atoms with van der Waals surface area (Å²) < 4.78 is 31.5. The molecule has 0 radical (unpaired) electrons. The number of rotatable bonds is 11. The zero-order chi connectivity index (χ0) is 35.6. The van der Waals surface area contributed by atoms with Crippen LogP contribution in [0.15, 0.2) is 48.7 Å². The van der Waals surface area contributed by atoms with Crippen LogP contribution in [0.3, 0.4) is 0 Å². The van der Waals surface area contributed by atoms with Crippen LogP contribution >= 0.6 is 0 Å². The van der Waals surface area contributed by atoms with Gasteiger partial charge in [0.15, 0.2) is 5.82 Å². The summed E-state index contributed by atoms with van der Waals surface area (Å²) in [7, 11) is 2.04. The first kappa shape index (κ1) is 35.3. The summed E-state index contributed by atoms with van der Waals surface area (Å²) in [5.74, 6) is -3.15. The van der Waals surface area contributed by atoms with Crippen LogP contribution < -0.4 is 10.6 Å². The van der Waals surface area contributed by atoms with E-state index >= 15 is 4.39 Å². The molecule has 10 nitrogen and oxygen atoms in total. The number of hydrogen-bond acceptors (Lipinski definition) is 6. The first-order valence-corrected chi connectivity index (χ1v) is 16.3. The molecule has 0 saturated carbocycles. The highest BCUT2D eigenvalue weighted by Gasteiger charge is 2.29. The summed E-state index contributed by atoms with van der Waals surface area (Å²) in [6.45, 7) is 10.5. The number of carboxylic acid groups (broad SMARTS) is 1. The lowest BCUT2D eigenvalue weighted by Crippen LogP contribution is -2.48. The highest BCUT2D eigenvalue weighted by Crippen LogP contribution is 2.34. The van der Waals surface area contributed by atoms with E-state index in [0.717, 1.165) is 30.8 Å². The smallest absolute Gasteiger partial charge is 0.305 e. The maximum Gasteiger partial charge on any atom is 0.305 e. The molecule has 3 N–H and O–H groups in total. The second-order valence-corrected chi connectivity index (χ2v) is 13.3. The summed E-state index contributed by atoms with van der Waals surface area (Å²) in [6.07, 6.45) is 2.34. The SMILES string of the molecule is Cc1cc(-c2c(C)cc(F)cc2C)cc([C@H](CC(=O)O)NC(=O)[C@H](CC(C)C)NC(=O)c2cccc(-n3cc4c(n3)CCN(C)C4)n2)c1F. The van der Waals surface area contributed by atoms with Crippen LogP contribution in [0.4, 0.5) is 8.78 Å². The number of carboxylic acids is 1. The molecule has 0 aliphatic carbocycles. The van der Waals surface area contributed by atoms with Crippen LogP contribution in [0.5, 0.6) is 0 Å². The van der Waals surface area contributed by atoms with Gasteiger partial charge in [-0.3, -0.25) is 14.4 Å². The molecule has 0 saturated heterocycles. The normalized spacial score (nSPS) is 14.3. The van der Waals surface area contributed by atoms with Gasteiger partial charge >= 0.3 is 5.97 Å². The number of carbonyl (C=O) groups excluding carboxylic acids is 2. The molecule has 0 spiro atoms. The summed E-state index contributed by atoms with van der Waals surface area (Å²) in [5.41, 5.74) is 4.89. The monoisotopic (exact) mass is 672 g/mol. The summed E-state index contributed by atoms with van der Waals surface area (Å²) in [4.78, 5) is 46.0. The average molecular weight is 673 g/mol. The molecule has 2 atom stereocenters. The summed E-state index contributed by atoms with van der Waals surface area (Å²) in [6, 6.07) is 8.51. The van der Waals surface area contributed by atoms with E-state index < -0.39 is 47.9 Å². The second-order valence-electron chi connectivity index (χ2n) is 13.3. The Balaban J connectivity index is 1.41. The number of aryl methyl sites for hydroxylation is 3. The Morgan fingerprint density at radius 2 is 1.71 bits per heavy atom. The fourth-order valence-corrected chi connectivity index (χ4v) is 6.43. The molecule has 49 heavy (non-hydrogen) atoms. The van der Waals surface area contributed by atoms with Crippen LogP contribution in [0, 0.1) is 38.3 Å². The molecule has 258 valence electrons. The molecule has 0 unspecified atom stereocenters. The van der Waals surface area contributed by atoms with Crippen molar-refractivity contribution in [3.05, 3.63) is 99.5 Å².